The molecule has 0 aliphatic heterocycles. The highest BCUT2D eigenvalue weighted by atomic mass is 32.2. The first kappa shape index (κ1) is 15.0. The summed E-state index contributed by atoms with van der Waals surface area (Å²) in [5.41, 5.74) is 1.60. The van der Waals surface area contributed by atoms with Gasteiger partial charge >= 0.3 is 0 Å². The van der Waals surface area contributed by atoms with E-state index in [1.54, 1.807) is 35.2 Å². The number of thioether (sulfide) groups is 1. The first-order valence-corrected chi connectivity index (χ1v) is 8.55. The van der Waals surface area contributed by atoms with Crippen LogP contribution in [0.25, 0.3) is 10.2 Å². The molecule has 0 unspecified atom stereocenters. The van der Waals surface area contributed by atoms with Crippen molar-refractivity contribution in [2.75, 3.05) is 11.1 Å². The number of amides is 1. The zero-order valence-corrected chi connectivity index (χ0v) is 13.2. The Labute approximate surface area is 135 Å². The van der Waals surface area contributed by atoms with E-state index in [1.807, 2.05) is 24.3 Å². The Morgan fingerprint density at radius 3 is 2.73 bits per heavy atom. The van der Waals surface area contributed by atoms with Crippen molar-refractivity contribution in [2.45, 2.75) is 10.8 Å². The lowest BCUT2D eigenvalue weighted by Gasteiger charge is -2.04. The van der Waals surface area contributed by atoms with Gasteiger partial charge in [-0.15, -0.1) is 11.3 Å². The van der Waals surface area contributed by atoms with Gasteiger partial charge in [-0.2, -0.15) is 0 Å². The predicted octanol–water partition coefficient (Wildman–Crippen LogP) is 4.56. The summed E-state index contributed by atoms with van der Waals surface area (Å²) in [4.78, 5) is 16.3. The number of nitrogens with zero attached hydrogens (tertiary/aromatic N) is 1. The fourth-order valence-corrected chi connectivity index (χ4v) is 3.98. The van der Waals surface area contributed by atoms with Crippen LogP contribution in [0, 0.1) is 5.82 Å². The molecular weight excluding hydrogens is 319 g/mol. The number of carbonyl (C=O) groups excluding carboxylic acids is 1. The summed E-state index contributed by atoms with van der Waals surface area (Å²) in [7, 11) is 0. The zero-order chi connectivity index (χ0) is 15.4. The summed E-state index contributed by atoms with van der Waals surface area (Å²) < 4.78 is 14.9. The van der Waals surface area contributed by atoms with Crippen LogP contribution < -0.4 is 5.32 Å². The van der Waals surface area contributed by atoms with Crippen LogP contribution in [-0.4, -0.2) is 16.6 Å². The van der Waals surface area contributed by atoms with Crippen LogP contribution >= 0.6 is 23.1 Å². The lowest BCUT2D eigenvalue weighted by molar-refractivity contribution is -0.115. The molecule has 0 spiro atoms. The quantitative estimate of drug-likeness (QED) is 0.697. The molecule has 1 aromatic heterocycles. The largest absolute Gasteiger partial charge is 0.326 e. The molecule has 1 heterocycles. The van der Waals surface area contributed by atoms with Gasteiger partial charge in [-0.25, -0.2) is 9.37 Å². The smallest absolute Gasteiger partial charge is 0.225 e. The van der Waals surface area contributed by atoms with Gasteiger partial charge in [0.15, 0.2) is 4.34 Å². The predicted molar refractivity (Wildman–Crippen MR) is 90.0 cm³/mol. The molecule has 1 amide bonds. The average molecular weight is 332 g/mol. The second kappa shape index (κ2) is 6.89. The Balaban J connectivity index is 1.49. The molecule has 22 heavy (non-hydrogen) atoms. The number of nitrogens with one attached hydrogen (secondary N) is 1. The Kier molecular flexibility index (Phi) is 4.70. The third-order valence-electron chi connectivity index (χ3n) is 2.96. The van der Waals surface area contributed by atoms with E-state index in [4.69, 9.17) is 0 Å². The van der Waals surface area contributed by atoms with Gasteiger partial charge in [0.25, 0.3) is 0 Å². The molecule has 3 nitrogen and oxygen atoms in total. The van der Waals surface area contributed by atoms with E-state index < -0.39 is 0 Å². The van der Waals surface area contributed by atoms with Gasteiger partial charge < -0.3 is 5.32 Å². The minimum atomic E-state index is -0.315. The number of aromatic nitrogens is 1. The second-order valence-electron chi connectivity index (χ2n) is 4.60. The zero-order valence-electron chi connectivity index (χ0n) is 11.6. The SMILES string of the molecule is O=C(CCSc1nc2ccccc2s1)Nc1ccc(F)cc1. The molecule has 3 rings (SSSR count). The van der Waals surface area contributed by atoms with Crippen molar-refractivity contribution in [3.8, 4) is 0 Å². The maximum atomic E-state index is 12.8. The van der Waals surface area contributed by atoms with Crippen molar-refractivity contribution >= 4 is 44.9 Å². The van der Waals surface area contributed by atoms with Gasteiger partial charge in [0.2, 0.25) is 5.91 Å². The van der Waals surface area contributed by atoms with Gasteiger partial charge in [0.05, 0.1) is 10.2 Å². The molecule has 112 valence electrons. The van der Waals surface area contributed by atoms with Crippen molar-refractivity contribution in [3.63, 3.8) is 0 Å². The minimum Gasteiger partial charge on any atom is -0.326 e. The number of benzene rings is 2. The molecule has 0 radical (unpaired) electrons. The summed E-state index contributed by atoms with van der Waals surface area (Å²) >= 11 is 3.21. The topological polar surface area (TPSA) is 42.0 Å². The highest BCUT2D eigenvalue weighted by Crippen LogP contribution is 2.29. The van der Waals surface area contributed by atoms with Gasteiger partial charge in [-0.05, 0) is 36.4 Å². The number of rotatable bonds is 5. The molecular formula is C16H13FN2OS2. The molecule has 0 fully saturated rings. The number of para-hydroxylation sites is 1. The summed E-state index contributed by atoms with van der Waals surface area (Å²) in [5, 5.41) is 2.75. The normalized spacial score (nSPS) is 10.8. The molecule has 0 aliphatic carbocycles. The lowest BCUT2D eigenvalue weighted by atomic mass is 10.3. The third kappa shape index (κ3) is 3.84. The van der Waals surface area contributed by atoms with Crippen LogP contribution in [0.4, 0.5) is 10.1 Å². The van der Waals surface area contributed by atoms with Crippen molar-refractivity contribution < 1.29 is 9.18 Å². The van der Waals surface area contributed by atoms with Gasteiger partial charge in [-0.1, -0.05) is 23.9 Å². The highest BCUT2D eigenvalue weighted by Gasteiger charge is 2.06. The number of fused-ring (bicyclic) bond motifs is 1. The number of thiazole rings is 1. The van der Waals surface area contributed by atoms with Crippen LogP contribution in [0.2, 0.25) is 0 Å². The van der Waals surface area contributed by atoms with Gasteiger partial charge in [-0.3, -0.25) is 4.79 Å². The van der Waals surface area contributed by atoms with Crippen LogP contribution in [-0.2, 0) is 4.79 Å². The standard InChI is InChI=1S/C16H13FN2OS2/c17-11-5-7-12(8-6-11)18-15(20)9-10-21-16-19-13-3-1-2-4-14(13)22-16/h1-8H,9-10H2,(H,18,20). The third-order valence-corrected chi connectivity index (χ3v) is 5.14. The van der Waals surface area contributed by atoms with E-state index >= 15 is 0 Å². The highest BCUT2D eigenvalue weighted by molar-refractivity contribution is 8.01. The molecule has 2 aromatic carbocycles. The monoisotopic (exact) mass is 332 g/mol. The number of hydrogen-bond donors (Lipinski definition) is 1. The molecule has 0 bridgehead atoms. The molecule has 0 atom stereocenters. The average Bonchev–Trinajstić information content (AvgIpc) is 2.92. The second-order valence-corrected chi connectivity index (χ2v) is 6.97. The molecule has 0 aliphatic rings. The molecule has 0 saturated carbocycles. The number of anilines is 1. The Morgan fingerprint density at radius 1 is 1.18 bits per heavy atom. The van der Waals surface area contributed by atoms with Gasteiger partial charge in [0, 0.05) is 17.9 Å². The first-order chi connectivity index (χ1) is 10.7. The summed E-state index contributed by atoms with van der Waals surface area (Å²) in [6.07, 6.45) is 0.387. The van der Waals surface area contributed by atoms with E-state index in [0.717, 1.165) is 14.6 Å². The van der Waals surface area contributed by atoms with Crippen molar-refractivity contribution in [3.05, 3.63) is 54.3 Å². The van der Waals surface area contributed by atoms with E-state index in [-0.39, 0.29) is 11.7 Å². The number of carbonyl (C=O) groups is 1. The fourth-order valence-electron chi connectivity index (χ4n) is 1.90. The van der Waals surface area contributed by atoms with Gasteiger partial charge in [0.1, 0.15) is 5.82 Å². The fraction of sp³-hybridized carbons (Fsp3) is 0.125. The summed E-state index contributed by atoms with van der Waals surface area (Å²) in [6, 6.07) is 13.7. The van der Waals surface area contributed by atoms with Crippen LogP contribution in [0.1, 0.15) is 6.42 Å². The summed E-state index contributed by atoms with van der Waals surface area (Å²) in [5.74, 6) is 0.261. The summed E-state index contributed by atoms with van der Waals surface area (Å²) in [6.45, 7) is 0. The Morgan fingerprint density at radius 2 is 1.95 bits per heavy atom. The van der Waals surface area contributed by atoms with Crippen LogP contribution in [0.5, 0.6) is 0 Å². The van der Waals surface area contributed by atoms with E-state index in [0.29, 0.717) is 17.9 Å². The first-order valence-electron chi connectivity index (χ1n) is 6.74. The van der Waals surface area contributed by atoms with Crippen molar-refractivity contribution in [1.82, 2.24) is 4.98 Å². The number of halogens is 1. The van der Waals surface area contributed by atoms with E-state index in [1.165, 1.54) is 12.1 Å². The Hall–Kier alpha value is -1.92. The molecule has 0 saturated heterocycles. The number of hydrogen-bond acceptors (Lipinski definition) is 4. The maximum absolute atomic E-state index is 12.8. The van der Waals surface area contributed by atoms with Crippen molar-refractivity contribution in [2.24, 2.45) is 0 Å². The molecule has 3 aromatic rings. The van der Waals surface area contributed by atoms with E-state index in [2.05, 4.69) is 10.3 Å². The minimum absolute atomic E-state index is 0.0831. The van der Waals surface area contributed by atoms with Crippen LogP contribution in [0.3, 0.4) is 0 Å². The maximum Gasteiger partial charge on any atom is 0.225 e. The molecule has 6 heteroatoms. The van der Waals surface area contributed by atoms with Crippen molar-refractivity contribution in [1.29, 1.82) is 0 Å². The Bertz CT molecular complexity index is 753. The van der Waals surface area contributed by atoms with E-state index in [9.17, 15) is 9.18 Å². The lowest BCUT2D eigenvalue weighted by Crippen LogP contribution is -2.12. The molecule has 1 N–H and O–H groups in total. The van der Waals surface area contributed by atoms with Crippen LogP contribution in [0.15, 0.2) is 52.9 Å².